The highest BCUT2D eigenvalue weighted by atomic mass is 32.2. The van der Waals surface area contributed by atoms with E-state index in [4.69, 9.17) is 0 Å². The second-order valence-electron chi connectivity index (χ2n) is 5.11. The van der Waals surface area contributed by atoms with E-state index in [1.54, 1.807) is 17.8 Å². The Morgan fingerprint density at radius 3 is 2.80 bits per heavy atom. The van der Waals surface area contributed by atoms with E-state index in [-0.39, 0.29) is 5.56 Å². The standard InChI is InChI=1S/C15H17N3OS/c1-10-2-6-13(7-3-10)20-9-12-8-14(19)18-15(17-12)16-11-4-5-11/h2-3,6-8,11H,4-5,9H2,1H3,(H2,16,17,18,19). The van der Waals surface area contributed by atoms with E-state index in [9.17, 15) is 4.79 Å². The Hall–Kier alpha value is -1.75. The summed E-state index contributed by atoms with van der Waals surface area (Å²) in [5.74, 6) is 1.30. The molecule has 1 aliphatic rings. The molecule has 0 atom stereocenters. The van der Waals surface area contributed by atoms with Gasteiger partial charge < -0.3 is 5.32 Å². The van der Waals surface area contributed by atoms with Crippen LogP contribution in [-0.4, -0.2) is 16.0 Å². The number of anilines is 1. The van der Waals surface area contributed by atoms with E-state index in [1.807, 2.05) is 0 Å². The smallest absolute Gasteiger partial charge is 0.252 e. The molecule has 2 aromatic rings. The van der Waals surface area contributed by atoms with Crippen LogP contribution in [0.4, 0.5) is 5.95 Å². The molecule has 1 fully saturated rings. The molecule has 1 aliphatic carbocycles. The summed E-state index contributed by atoms with van der Waals surface area (Å²) in [5, 5.41) is 3.23. The van der Waals surface area contributed by atoms with E-state index in [0.717, 1.165) is 18.5 Å². The van der Waals surface area contributed by atoms with Crippen LogP contribution in [-0.2, 0) is 5.75 Å². The van der Waals surface area contributed by atoms with Crippen molar-refractivity contribution in [2.45, 2.75) is 36.5 Å². The van der Waals surface area contributed by atoms with Crippen LogP contribution in [0.3, 0.4) is 0 Å². The summed E-state index contributed by atoms with van der Waals surface area (Å²) in [7, 11) is 0. The number of aromatic amines is 1. The highest BCUT2D eigenvalue weighted by Gasteiger charge is 2.21. The van der Waals surface area contributed by atoms with Crippen LogP contribution < -0.4 is 10.9 Å². The topological polar surface area (TPSA) is 57.8 Å². The fourth-order valence-corrected chi connectivity index (χ4v) is 2.65. The number of aromatic nitrogens is 2. The fourth-order valence-electron chi connectivity index (χ4n) is 1.86. The number of H-pyrrole nitrogens is 1. The minimum absolute atomic E-state index is 0.0948. The first-order valence-electron chi connectivity index (χ1n) is 6.75. The maximum Gasteiger partial charge on any atom is 0.252 e. The van der Waals surface area contributed by atoms with Crippen LogP contribution in [0, 0.1) is 6.92 Å². The number of benzene rings is 1. The molecule has 0 aliphatic heterocycles. The summed E-state index contributed by atoms with van der Waals surface area (Å²) >= 11 is 1.69. The summed E-state index contributed by atoms with van der Waals surface area (Å²) in [6.45, 7) is 2.07. The molecule has 0 saturated heterocycles. The third-order valence-corrected chi connectivity index (χ3v) is 4.17. The summed E-state index contributed by atoms with van der Waals surface area (Å²) in [5.41, 5.74) is 1.96. The van der Waals surface area contributed by atoms with Crippen LogP contribution >= 0.6 is 11.8 Å². The highest BCUT2D eigenvalue weighted by molar-refractivity contribution is 7.98. The molecule has 4 nitrogen and oxygen atoms in total. The van der Waals surface area contributed by atoms with Gasteiger partial charge in [0, 0.05) is 22.8 Å². The van der Waals surface area contributed by atoms with Gasteiger partial charge in [0.15, 0.2) is 0 Å². The number of thioether (sulfide) groups is 1. The number of nitrogens with zero attached hydrogens (tertiary/aromatic N) is 1. The molecule has 1 aromatic carbocycles. The molecule has 20 heavy (non-hydrogen) atoms. The average Bonchev–Trinajstić information content (AvgIpc) is 3.21. The van der Waals surface area contributed by atoms with Gasteiger partial charge in [-0.05, 0) is 31.9 Å². The molecule has 1 aromatic heterocycles. The Balaban J connectivity index is 1.68. The normalized spacial score (nSPS) is 14.2. The lowest BCUT2D eigenvalue weighted by Gasteiger charge is -2.06. The van der Waals surface area contributed by atoms with Crippen molar-refractivity contribution < 1.29 is 0 Å². The van der Waals surface area contributed by atoms with E-state index in [0.29, 0.717) is 17.7 Å². The van der Waals surface area contributed by atoms with Crippen molar-refractivity contribution in [3.05, 3.63) is 51.9 Å². The van der Waals surface area contributed by atoms with Crippen LogP contribution in [0.1, 0.15) is 24.1 Å². The molecule has 2 N–H and O–H groups in total. The maximum absolute atomic E-state index is 11.6. The zero-order valence-electron chi connectivity index (χ0n) is 11.3. The minimum atomic E-state index is -0.0948. The Kier molecular flexibility index (Phi) is 3.78. The number of hydrogen-bond donors (Lipinski definition) is 2. The number of nitrogens with one attached hydrogen (secondary N) is 2. The molecule has 0 spiro atoms. The van der Waals surface area contributed by atoms with Crippen LogP contribution in [0.25, 0.3) is 0 Å². The van der Waals surface area contributed by atoms with Gasteiger partial charge >= 0.3 is 0 Å². The monoisotopic (exact) mass is 287 g/mol. The average molecular weight is 287 g/mol. The lowest BCUT2D eigenvalue weighted by Crippen LogP contribution is -2.14. The molecule has 104 valence electrons. The van der Waals surface area contributed by atoms with Gasteiger partial charge in [0.1, 0.15) is 0 Å². The summed E-state index contributed by atoms with van der Waals surface area (Å²) in [4.78, 5) is 20.0. The van der Waals surface area contributed by atoms with Gasteiger partial charge in [0.05, 0.1) is 5.69 Å². The lowest BCUT2D eigenvalue weighted by atomic mass is 10.2. The maximum atomic E-state index is 11.6. The predicted molar refractivity (Wildman–Crippen MR) is 82.2 cm³/mol. The Labute approximate surface area is 122 Å². The van der Waals surface area contributed by atoms with Crippen molar-refractivity contribution in [2.24, 2.45) is 0 Å². The fraction of sp³-hybridized carbons (Fsp3) is 0.333. The Bertz CT molecular complexity index is 647. The molecule has 0 bridgehead atoms. The SMILES string of the molecule is Cc1ccc(SCc2cc(=O)[nH]c(NC3CC3)n2)cc1. The van der Waals surface area contributed by atoms with E-state index in [1.165, 1.54) is 10.5 Å². The first-order chi connectivity index (χ1) is 9.69. The quantitative estimate of drug-likeness (QED) is 0.830. The largest absolute Gasteiger partial charge is 0.353 e. The molecule has 5 heteroatoms. The third-order valence-electron chi connectivity index (χ3n) is 3.12. The summed E-state index contributed by atoms with van der Waals surface area (Å²) in [6.07, 6.45) is 2.32. The summed E-state index contributed by atoms with van der Waals surface area (Å²) < 4.78 is 0. The summed E-state index contributed by atoms with van der Waals surface area (Å²) in [6, 6.07) is 10.4. The number of hydrogen-bond acceptors (Lipinski definition) is 4. The molecular formula is C15H17N3OS. The van der Waals surface area contributed by atoms with Gasteiger partial charge in [-0.25, -0.2) is 4.98 Å². The second-order valence-corrected chi connectivity index (χ2v) is 6.15. The zero-order valence-corrected chi connectivity index (χ0v) is 12.2. The zero-order chi connectivity index (χ0) is 13.9. The Morgan fingerprint density at radius 1 is 1.35 bits per heavy atom. The van der Waals surface area contributed by atoms with Gasteiger partial charge in [-0.3, -0.25) is 9.78 Å². The van der Waals surface area contributed by atoms with Crippen LogP contribution in [0.2, 0.25) is 0 Å². The Morgan fingerprint density at radius 2 is 2.10 bits per heavy atom. The lowest BCUT2D eigenvalue weighted by molar-refractivity contribution is 1.00. The van der Waals surface area contributed by atoms with E-state index < -0.39 is 0 Å². The van der Waals surface area contributed by atoms with Crippen molar-refractivity contribution in [2.75, 3.05) is 5.32 Å². The first-order valence-corrected chi connectivity index (χ1v) is 7.74. The van der Waals surface area contributed by atoms with E-state index in [2.05, 4.69) is 46.5 Å². The van der Waals surface area contributed by atoms with Crippen LogP contribution in [0.5, 0.6) is 0 Å². The van der Waals surface area contributed by atoms with Crippen molar-refractivity contribution in [1.29, 1.82) is 0 Å². The predicted octanol–water partition coefficient (Wildman–Crippen LogP) is 2.94. The van der Waals surface area contributed by atoms with Crippen molar-refractivity contribution in [1.82, 2.24) is 9.97 Å². The minimum Gasteiger partial charge on any atom is -0.353 e. The molecule has 1 heterocycles. The van der Waals surface area contributed by atoms with Gasteiger partial charge in [0.25, 0.3) is 5.56 Å². The van der Waals surface area contributed by atoms with Crippen molar-refractivity contribution in [3.8, 4) is 0 Å². The molecule has 0 amide bonds. The molecule has 0 radical (unpaired) electrons. The number of aryl methyl sites for hydroxylation is 1. The van der Waals surface area contributed by atoms with Crippen LogP contribution in [0.15, 0.2) is 40.0 Å². The van der Waals surface area contributed by atoms with Crippen molar-refractivity contribution in [3.63, 3.8) is 0 Å². The van der Waals surface area contributed by atoms with Gasteiger partial charge in [-0.15, -0.1) is 11.8 Å². The first kappa shape index (κ1) is 13.2. The van der Waals surface area contributed by atoms with Gasteiger partial charge in [-0.1, -0.05) is 17.7 Å². The molecule has 0 unspecified atom stereocenters. The second kappa shape index (κ2) is 5.71. The third kappa shape index (κ3) is 3.63. The molecular weight excluding hydrogens is 270 g/mol. The van der Waals surface area contributed by atoms with Crippen molar-refractivity contribution >= 4 is 17.7 Å². The molecule has 1 saturated carbocycles. The van der Waals surface area contributed by atoms with Gasteiger partial charge in [-0.2, -0.15) is 0 Å². The number of rotatable bonds is 5. The van der Waals surface area contributed by atoms with Gasteiger partial charge in [0.2, 0.25) is 5.95 Å². The highest BCUT2D eigenvalue weighted by Crippen LogP contribution is 2.24. The molecule has 3 rings (SSSR count). The van der Waals surface area contributed by atoms with E-state index >= 15 is 0 Å².